The summed E-state index contributed by atoms with van der Waals surface area (Å²) in [6, 6.07) is 0. The molecule has 0 bridgehead atoms. The van der Waals surface area contributed by atoms with Crippen molar-refractivity contribution in [3.8, 4) is 0 Å². The van der Waals surface area contributed by atoms with Crippen LogP contribution in [0.5, 0.6) is 0 Å². The van der Waals surface area contributed by atoms with E-state index in [1.165, 1.54) is 0 Å². The zero-order valence-electron chi connectivity index (χ0n) is 6.78. The lowest BCUT2D eigenvalue weighted by Gasteiger charge is -2.02. The third-order valence-corrected chi connectivity index (χ3v) is 1.86. The van der Waals surface area contributed by atoms with Gasteiger partial charge in [-0.2, -0.15) is 0 Å². The van der Waals surface area contributed by atoms with Gasteiger partial charge in [-0.05, 0) is 0 Å². The fourth-order valence-corrected chi connectivity index (χ4v) is 1.30. The minimum Gasteiger partial charge on any atom is -0.290 e. The smallest absolute Gasteiger partial charge is 0.140 e. The molecule has 0 aromatic carbocycles. The topological polar surface area (TPSA) is 30.7 Å². The van der Waals surface area contributed by atoms with E-state index in [1.807, 2.05) is 6.20 Å². The number of rotatable bonds is 1. The quantitative estimate of drug-likeness (QED) is 0.604. The molecular formula is C8H11N3. The Kier molecular flexibility index (Phi) is 1.31. The van der Waals surface area contributed by atoms with Gasteiger partial charge in [0, 0.05) is 18.5 Å². The molecule has 0 fully saturated rings. The van der Waals surface area contributed by atoms with E-state index in [0.29, 0.717) is 5.92 Å². The summed E-state index contributed by atoms with van der Waals surface area (Å²) in [7, 11) is 0. The molecule has 0 N–H and O–H groups in total. The average molecular weight is 149 g/mol. The Balaban J connectivity index is 2.50. The molecule has 0 unspecified atom stereocenters. The molecule has 58 valence electrons. The van der Waals surface area contributed by atoms with Gasteiger partial charge in [-0.15, -0.1) is 10.2 Å². The third kappa shape index (κ3) is 0.878. The van der Waals surface area contributed by atoms with Gasteiger partial charge in [0.15, 0.2) is 0 Å². The molecule has 0 aliphatic carbocycles. The number of nitrogens with zero attached hydrogens (tertiary/aromatic N) is 3. The molecule has 3 nitrogen and oxygen atoms in total. The SMILES string of the molecule is CC(C)c1nnc2n1C=CC2. The van der Waals surface area contributed by atoms with E-state index < -0.39 is 0 Å². The van der Waals surface area contributed by atoms with Crippen LogP contribution in [-0.2, 0) is 6.42 Å². The Morgan fingerprint density at radius 2 is 2.27 bits per heavy atom. The van der Waals surface area contributed by atoms with Crippen molar-refractivity contribution in [2.24, 2.45) is 0 Å². The van der Waals surface area contributed by atoms with Crippen molar-refractivity contribution < 1.29 is 0 Å². The summed E-state index contributed by atoms with van der Waals surface area (Å²) in [6.45, 7) is 4.26. The van der Waals surface area contributed by atoms with Crippen molar-refractivity contribution >= 4 is 6.20 Å². The number of fused-ring (bicyclic) bond motifs is 1. The molecule has 1 aromatic rings. The second-order valence-corrected chi connectivity index (χ2v) is 3.09. The Morgan fingerprint density at radius 3 is 3.00 bits per heavy atom. The second-order valence-electron chi connectivity index (χ2n) is 3.09. The van der Waals surface area contributed by atoms with Gasteiger partial charge < -0.3 is 0 Å². The highest BCUT2D eigenvalue weighted by atomic mass is 15.3. The van der Waals surface area contributed by atoms with Gasteiger partial charge in [0.05, 0.1) is 0 Å². The van der Waals surface area contributed by atoms with Crippen LogP contribution in [0.1, 0.15) is 31.4 Å². The first kappa shape index (κ1) is 6.58. The van der Waals surface area contributed by atoms with Crippen molar-refractivity contribution in [2.45, 2.75) is 26.2 Å². The van der Waals surface area contributed by atoms with E-state index in [2.05, 4.69) is 34.7 Å². The Hall–Kier alpha value is -1.12. The molecule has 0 saturated carbocycles. The van der Waals surface area contributed by atoms with Crippen LogP contribution in [0.2, 0.25) is 0 Å². The predicted octanol–water partition coefficient (Wildman–Crippen LogP) is 1.43. The van der Waals surface area contributed by atoms with Gasteiger partial charge in [0.25, 0.3) is 0 Å². The van der Waals surface area contributed by atoms with Crippen LogP contribution in [0, 0.1) is 0 Å². The van der Waals surface area contributed by atoms with E-state index in [9.17, 15) is 0 Å². The molecule has 1 aromatic heterocycles. The van der Waals surface area contributed by atoms with E-state index in [-0.39, 0.29) is 0 Å². The van der Waals surface area contributed by atoms with Crippen molar-refractivity contribution in [3.63, 3.8) is 0 Å². The Bertz CT molecular complexity index is 296. The summed E-state index contributed by atoms with van der Waals surface area (Å²) in [5.74, 6) is 2.58. The lowest BCUT2D eigenvalue weighted by molar-refractivity contribution is 0.756. The lowest BCUT2D eigenvalue weighted by Crippen LogP contribution is -1.98. The maximum atomic E-state index is 4.10. The normalized spacial score (nSPS) is 14.5. The summed E-state index contributed by atoms with van der Waals surface area (Å²) in [6.07, 6.45) is 5.08. The monoisotopic (exact) mass is 149 g/mol. The van der Waals surface area contributed by atoms with Crippen LogP contribution in [0.25, 0.3) is 6.20 Å². The zero-order valence-corrected chi connectivity index (χ0v) is 6.78. The maximum absolute atomic E-state index is 4.10. The summed E-state index contributed by atoms with van der Waals surface area (Å²) in [4.78, 5) is 0. The van der Waals surface area contributed by atoms with Crippen molar-refractivity contribution in [1.82, 2.24) is 14.8 Å². The summed E-state index contributed by atoms with van der Waals surface area (Å²) >= 11 is 0. The fraction of sp³-hybridized carbons (Fsp3) is 0.500. The lowest BCUT2D eigenvalue weighted by atomic mass is 10.2. The van der Waals surface area contributed by atoms with E-state index in [0.717, 1.165) is 18.1 Å². The zero-order chi connectivity index (χ0) is 7.84. The Labute approximate surface area is 65.8 Å². The first-order valence-corrected chi connectivity index (χ1v) is 3.89. The minimum absolute atomic E-state index is 0.457. The molecule has 11 heavy (non-hydrogen) atoms. The van der Waals surface area contributed by atoms with Crippen LogP contribution in [0.3, 0.4) is 0 Å². The molecule has 1 aliphatic rings. The number of hydrogen-bond acceptors (Lipinski definition) is 2. The van der Waals surface area contributed by atoms with Crippen molar-refractivity contribution in [1.29, 1.82) is 0 Å². The van der Waals surface area contributed by atoms with Crippen LogP contribution >= 0.6 is 0 Å². The number of hydrogen-bond donors (Lipinski definition) is 0. The molecular weight excluding hydrogens is 138 g/mol. The first-order valence-electron chi connectivity index (χ1n) is 3.89. The van der Waals surface area contributed by atoms with Crippen molar-refractivity contribution in [3.05, 3.63) is 17.7 Å². The Morgan fingerprint density at radius 1 is 1.45 bits per heavy atom. The average Bonchev–Trinajstić information content (AvgIpc) is 2.41. The maximum Gasteiger partial charge on any atom is 0.140 e. The summed E-state index contributed by atoms with van der Waals surface area (Å²) in [5, 5.41) is 8.17. The third-order valence-electron chi connectivity index (χ3n) is 1.86. The van der Waals surface area contributed by atoms with E-state index in [4.69, 9.17) is 0 Å². The minimum atomic E-state index is 0.457. The van der Waals surface area contributed by atoms with E-state index in [1.54, 1.807) is 0 Å². The van der Waals surface area contributed by atoms with Gasteiger partial charge in [0.2, 0.25) is 0 Å². The largest absolute Gasteiger partial charge is 0.290 e. The first-order chi connectivity index (χ1) is 5.29. The standard InChI is InChI=1S/C8H11N3/c1-6(2)8-10-9-7-4-3-5-11(7)8/h3,5-6H,4H2,1-2H3. The van der Waals surface area contributed by atoms with Gasteiger partial charge in [-0.25, -0.2) is 0 Å². The molecule has 0 amide bonds. The molecule has 2 heterocycles. The molecule has 1 aliphatic heterocycles. The van der Waals surface area contributed by atoms with Gasteiger partial charge in [0.1, 0.15) is 11.6 Å². The second kappa shape index (κ2) is 2.19. The van der Waals surface area contributed by atoms with Gasteiger partial charge in [-0.3, -0.25) is 4.57 Å². The molecule has 2 rings (SSSR count). The number of aromatic nitrogens is 3. The van der Waals surface area contributed by atoms with Crippen LogP contribution < -0.4 is 0 Å². The van der Waals surface area contributed by atoms with Crippen LogP contribution in [0.15, 0.2) is 6.08 Å². The van der Waals surface area contributed by atoms with Crippen molar-refractivity contribution in [2.75, 3.05) is 0 Å². The van der Waals surface area contributed by atoms with Gasteiger partial charge >= 0.3 is 0 Å². The molecule has 0 spiro atoms. The van der Waals surface area contributed by atoms with Crippen LogP contribution in [-0.4, -0.2) is 14.8 Å². The van der Waals surface area contributed by atoms with E-state index >= 15 is 0 Å². The fourth-order valence-electron chi connectivity index (χ4n) is 1.30. The summed E-state index contributed by atoms with van der Waals surface area (Å²) in [5.41, 5.74) is 0. The van der Waals surface area contributed by atoms with Gasteiger partial charge in [-0.1, -0.05) is 19.9 Å². The molecule has 3 heteroatoms. The molecule has 0 saturated heterocycles. The molecule has 0 radical (unpaired) electrons. The molecule has 0 atom stereocenters. The van der Waals surface area contributed by atoms with Crippen LogP contribution in [0.4, 0.5) is 0 Å². The highest BCUT2D eigenvalue weighted by Crippen LogP contribution is 2.17. The highest BCUT2D eigenvalue weighted by Gasteiger charge is 2.14. The highest BCUT2D eigenvalue weighted by molar-refractivity contribution is 5.34. The predicted molar refractivity (Wildman–Crippen MR) is 43.1 cm³/mol. The number of allylic oxidation sites excluding steroid dienone is 1. The summed E-state index contributed by atoms with van der Waals surface area (Å²) < 4.78 is 2.07.